The molecule has 0 radical (unpaired) electrons. The largest absolute Gasteiger partial charge is 0.328 e. The first-order valence-electron chi connectivity index (χ1n) is 3.10. The van der Waals surface area contributed by atoms with Crippen molar-refractivity contribution in [2.24, 2.45) is 0 Å². The lowest BCUT2D eigenvalue weighted by Crippen LogP contribution is -1.87. The minimum absolute atomic E-state index is 0.787. The molecule has 0 N–H and O–H groups in total. The molecule has 0 aliphatic heterocycles. The van der Waals surface area contributed by atoms with Gasteiger partial charge < -0.3 is 4.57 Å². The number of carbonyl (C=O) groups excluding carboxylic acids is 1. The predicted octanol–water partition coefficient (Wildman–Crippen LogP) is 1.55. The van der Waals surface area contributed by atoms with Crippen molar-refractivity contribution in [1.29, 1.82) is 0 Å². The Balaban J connectivity index is 2.86. The molecule has 0 amide bonds. The number of carbonyl (C=O) groups is 1. The first kappa shape index (κ1) is 6.81. The van der Waals surface area contributed by atoms with Crippen LogP contribution in [0.15, 0.2) is 30.6 Å². The van der Waals surface area contributed by atoms with Crippen LogP contribution in [0.4, 0.5) is 0 Å². The standard InChI is InChI=1S/C8H9NO/c1-8(4-7-10)9-5-2-3-6-9/h2-7H,1H3/b8-4+. The Morgan fingerprint density at radius 2 is 2.00 bits per heavy atom. The Kier molecular flexibility index (Phi) is 2.05. The summed E-state index contributed by atoms with van der Waals surface area (Å²) in [5, 5.41) is 0. The molecule has 0 atom stereocenters. The zero-order chi connectivity index (χ0) is 7.40. The van der Waals surface area contributed by atoms with E-state index >= 15 is 0 Å². The maximum Gasteiger partial charge on any atom is 0.144 e. The van der Waals surface area contributed by atoms with Crippen LogP contribution in [0.2, 0.25) is 0 Å². The van der Waals surface area contributed by atoms with Gasteiger partial charge in [0, 0.05) is 18.1 Å². The highest BCUT2D eigenvalue weighted by molar-refractivity contribution is 5.73. The Labute approximate surface area is 59.8 Å². The summed E-state index contributed by atoms with van der Waals surface area (Å²) in [4.78, 5) is 10.0. The lowest BCUT2D eigenvalue weighted by Gasteiger charge is -1.97. The maximum atomic E-state index is 10.0. The van der Waals surface area contributed by atoms with Crippen LogP contribution in [0.5, 0.6) is 0 Å². The van der Waals surface area contributed by atoms with Gasteiger partial charge in [-0.2, -0.15) is 0 Å². The summed E-state index contributed by atoms with van der Waals surface area (Å²) in [5.41, 5.74) is 0.931. The van der Waals surface area contributed by atoms with Crippen molar-refractivity contribution in [3.63, 3.8) is 0 Å². The molecule has 2 heteroatoms. The van der Waals surface area contributed by atoms with E-state index in [1.54, 1.807) is 0 Å². The lowest BCUT2D eigenvalue weighted by atomic mass is 10.4. The van der Waals surface area contributed by atoms with Crippen LogP contribution in [0, 0.1) is 0 Å². The fraction of sp³-hybridized carbons (Fsp3) is 0.125. The van der Waals surface area contributed by atoms with Crippen LogP contribution in [-0.2, 0) is 4.79 Å². The van der Waals surface area contributed by atoms with Crippen LogP contribution < -0.4 is 0 Å². The van der Waals surface area contributed by atoms with Gasteiger partial charge in [0.05, 0.1) is 0 Å². The second kappa shape index (κ2) is 3.01. The molecule has 0 aliphatic carbocycles. The summed E-state index contributed by atoms with van der Waals surface area (Å²) < 4.78 is 1.88. The molecule has 0 saturated heterocycles. The van der Waals surface area contributed by atoms with Crippen molar-refractivity contribution in [3.05, 3.63) is 30.6 Å². The van der Waals surface area contributed by atoms with Crippen LogP contribution >= 0.6 is 0 Å². The Hall–Kier alpha value is -1.31. The zero-order valence-corrected chi connectivity index (χ0v) is 5.82. The molecule has 0 bridgehead atoms. The molecule has 52 valence electrons. The van der Waals surface area contributed by atoms with Crippen molar-refractivity contribution < 1.29 is 4.79 Å². The summed E-state index contributed by atoms with van der Waals surface area (Å²) in [6.07, 6.45) is 6.11. The molecule has 1 aromatic rings. The molecular formula is C8H9NO. The number of nitrogens with zero attached hydrogens (tertiary/aromatic N) is 1. The number of aldehydes is 1. The maximum absolute atomic E-state index is 10.0. The molecule has 1 rings (SSSR count). The van der Waals surface area contributed by atoms with E-state index in [0.717, 1.165) is 12.0 Å². The molecule has 0 fully saturated rings. The van der Waals surface area contributed by atoms with E-state index in [9.17, 15) is 4.79 Å². The third-order valence-corrected chi connectivity index (χ3v) is 1.32. The van der Waals surface area contributed by atoms with E-state index in [2.05, 4.69) is 0 Å². The molecule has 0 aliphatic rings. The summed E-state index contributed by atoms with van der Waals surface area (Å²) >= 11 is 0. The number of hydrogen-bond acceptors (Lipinski definition) is 1. The fourth-order valence-corrected chi connectivity index (χ4v) is 0.754. The second-order valence-corrected chi connectivity index (χ2v) is 2.03. The number of hydrogen-bond donors (Lipinski definition) is 0. The van der Waals surface area contributed by atoms with Gasteiger partial charge in [0.1, 0.15) is 6.29 Å². The van der Waals surface area contributed by atoms with Crippen molar-refractivity contribution in [2.75, 3.05) is 0 Å². The molecule has 1 heterocycles. The molecule has 2 nitrogen and oxygen atoms in total. The van der Waals surface area contributed by atoms with Gasteiger partial charge in [0.15, 0.2) is 0 Å². The monoisotopic (exact) mass is 135 g/mol. The molecule has 0 spiro atoms. The third-order valence-electron chi connectivity index (χ3n) is 1.32. The van der Waals surface area contributed by atoms with Gasteiger partial charge in [-0.1, -0.05) is 0 Å². The Morgan fingerprint density at radius 1 is 1.40 bits per heavy atom. The van der Waals surface area contributed by atoms with Gasteiger partial charge in [-0.05, 0) is 25.1 Å². The first-order valence-corrected chi connectivity index (χ1v) is 3.10. The van der Waals surface area contributed by atoms with Gasteiger partial charge in [0.25, 0.3) is 0 Å². The molecule has 1 aromatic heterocycles. The number of rotatable bonds is 2. The first-order chi connectivity index (χ1) is 4.84. The summed E-state index contributed by atoms with van der Waals surface area (Å²) in [6.45, 7) is 1.88. The fourth-order valence-electron chi connectivity index (χ4n) is 0.754. The van der Waals surface area contributed by atoms with Gasteiger partial charge >= 0.3 is 0 Å². The van der Waals surface area contributed by atoms with Crippen molar-refractivity contribution in [2.45, 2.75) is 6.92 Å². The Morgan fingerprint density at radius 3 is 2.50 bits per heavy atom. The quantitative estimate of drug-likeness (QED) is 0.445. The highest BCUT2D eigenvalue weighted by Crippen LogP contribution is 2.01. The molecule has 0 unspecified atom stereocenters. The average molecular weight is 135 g/mol. The predicted molar refractivity (Wildman–Crippen MR) is 40.4 cm³/mol. The third kappa shape index (κ3) is 1.35. The molecule has 10 heavy (non-hydrogen) atoms. The van der Waals surface area contributed by atoms with Gasteiger partial charge in [-0.25, -0.2) is 0 Å². The van der Waals surface area contributed by atoms with E-state index < -0.39 is 0 Å². The molecule has 0 aromatic carbocycles. The molecular weight excluding hydrogens is 126 g/mol. The van der Waals surface area contributed by atoms with E-state index in [1.165, 1.54) is 6.08 Å². The van der Waals surface area contributed by atoms with Crippen LogP contribution in [0.25, 0.3) is 5.70 Å². The highest BCUT2D eigenvalue weighted by Gasteiger charge is 1.87. The topological polar surface area (TPSA) is 22.0 Å². The minimum atomic E-state index is 0.787. The van der Waals surface area contributed by atoms with Gasteiger partial charge in [-0.15, -0.1) is 0 Å². The Bertz CT molecular complexity index is 234. The molecule has 0 saturated carbocycles. The van der Waals surface area contributed by atoms with Crippen molar-refractivity contribution >= 4 is 12.0 Å². The normalized spacial score (nSPS) is 11.5. The lowest BCUT2D eigenvalue weighted by molar-refractivity contribution is -0.104. The number of aromatic nitrogens is 1. The summed E-state index contributed by atoms with van der Waals surface area (Å²) in [6, 6.07) is 3.84. The minimum Gasteiger partial charge on any atom is -0.328 e. The van der Waals surface area contributed by atoms with E-state index in [0.29, 0.717) is 0 Å². The zero-order valence-electron chi connectivity index (χ0n) is 5.82. The highest BCUT2D eigenvalue weighted by atomic mass is 16.1. The van der Waals surface area contributed by atoms with Crippen molar-refractivity contribution in [3.8, 4) is 0 Å². The SMILES string of the molecule is C/C(=C\C=O)n1cccc1. The second-order valence-electron chi connectivity index (χ2n) is 2.03. The van der Waals surface area contributed by atoms with E-state index in [4.69, 9.17) is 0 Å². The van der Waals surface area contributed by atoms with E-state index in [-0.39, 0.29) is 0 Å². The van der Waals surface area contributed by atoms with Gasteiger partial charge in [-0.3, -0.25) is 4.79 Å². The average Bonchev–Trinajstić information content (AvgIpc) is 2.38. The van der Waals surface area contributed by atoms with Gasteiger partial charge in [0.2, 0.25) is 0 Å². The summed E-state index contributed by atoms with van der Waals surface area (Å²) in [5.74, 6) is 0. The van der Waals surface area contributed by atoms with Crippen LogP contribution in [-0.4, -0.2) is 10.9 Å². The van der Waals surface area contributed by atoms with Crippen LogP contribution in [0.1, 0.15) is 6.92 Å². The smallest absolute Gasteiger partial charge is 0.144 e. The number of allylic oxidation sites excluding steroid dienone is 2. The van der Waals surface area contributed by atoms with Crippen molar-refractivity contribution in [1.82, 2.24) is 4.57 Å². The summed E-state index contributed by atoms with van der Waals surface area (Å²) in [7, 11) is 0. The van der Waals surface area contributed by atoms with E-state index in [1.807, 2.05) is 36.0 Å². The van der Waals surface area contributed by atoms with Crippen LogP contribution in [0.3, 0.4) is 0 Å².